The first-order valence-corrected chi connectivity index (χ1v) is 9.64. The summed E-state index contributed by atoms with van der Waals surface area (Å²) < 4.78 is 40.0. The van der Waals surface area contributed by atoms with E-state index in [1.54, 1.807) is 18.2 Å². The Morgan fingerprint density at radius 1 is 1.25 bits per heavy atom. The summed E-state index contributed by atoms with van der Waals surface area (Å²) in [4.78, 5) is 16.6. The number of carbonyl (C=O) groups excluding carboxylic acids is 1. The minimum atomic E-state index is -4.59. The van der Waals surface area contributed by atoms with Crippen LogP contribution >= 0.6 is 34.5 Å². The fraction of sp³-hybridized carbons (Fsp3) is 0.222. The number of nitrogen functional groups attached to an aromatic ring is 1. The second kappa shape index (κ2) is 7.77. The highest BCUT2D eigenvalue weighted by atomic mass is 35.5. The number of hydrogen-bond acceptors (Lipinski definition) is 4. The zero-order valence-corrected chi connectivity index (χ0v) is 16.8. The van der Waals surface area contributed by atoms with Crippen molar-refractivity contribution in [2.45, 2.75) is 19.5 Å². The highest BCUT2D eigenvalue weighted by molar-refractivity contribution is 7.21. The molecular formula is C18H14Cl2F3N3OS. The van der Waals surface area contributed by atoms with Crippen LogP contribution in [-0.2, 0) is 12.6 Å². The molecule has 1 amide bonds. The monoisotopic (exact) mass is 447 g/mol. The van der Waals surface area contributed by atoms with Crippen molar-refractivity contribution in [1.29, 1.82) is 0 Å². The van der Waals surface area contributed by atoms with Crippen LogP contribution in [0.1, 0.15) is 26.5 Å². The molecule has 0 bridgehead atoms. The Balaban J connectivity index is 1.82. The lowest BCUT2D eigenvalue weighted by Gasteiger charge is -2.09. The smallest absolute Gasteiger partial charge is 0.397 e. The Morgan fingerprint density at radius 2 is 1.96 bits per heavy atom. The topological polar surface area (TPSA) is 68.0 Å². The second-order valence-electron chi connectivity index (χ2n) is 6.09. The lowest BCUT2D eigenvalue weighted by Crippen LogP contribution is -2.25. The predicted molar refractivity (Wildman–Crippen MR) is 106 cm³/mol. The van der Waals surface area contributed by atoms with Gasteiger partial charge in [0.05, 0.1) is 21.3 Å². The normalized spacial score (nSPS) is 11.8. The van der Waals surface area contributed by atoms with E-state index in [4.69, 9.17) is 28.9 Å². The lowest BCUT2D eigenvalue weighted by molar-refractivity contribution is -0.136. The van der Waals surface area contributed by atoms with Crippen LogP contribution in [0.2, 0.25) is 10.0 Å². The molecule has 3 rings (SSSR count). The zero-order chi connectivity index (χ0) is 20.6. The number of halogens is 5. The number of nitrogens with two attached hydrogens (primary N) is 1. The molecule has 2 aromatic heterocycles. The molecular weight excluding hydrogens is 434 g/mol. The lowest BCUT2D eigenvalue weighted by atomic mass is 10.1. The average Bonchev–Trinajstić information content (AvgIpc) is 2.93. The number of aromatic nitrogens is 1. The molecule has 0 aliphatic heterocycles. The maximum Gasteiger partial charge on any atom is 0.417 e. The Kier molecular flexibility index (Phi) is 5.74. The first kappa shape index (κ1) is 20.7. The fourth-order valence-corrected chi connectivity index (χ4v) is 4.13. The van der Waals surface area contributed by atoms with Crippen molar-refractivity contribution in [3.63, 3.8) is 0 Å². The Labute approximate surface area is 172 Å². The number of pyridine rings is 1. The van der Waals surface area contributed by atoms with E-state index < -0.39 is 17.6 Å². The van der Waals surface area contributed by atoms with Gasteiger partial charge in [-0.15, -0.1) is 11.3 Å². The van der Waals surface area contributed by atoms with Crippen molar-refractivity contribution in [3.05, 3.63) is 56.0 Å². The maximum absolute atomic E-state index is 13.3. The number of nitrogens with one attached hydrogen (secondary N) is 1. The Bertz CT molecular complexity index is 1070. The van der Waals surface area contributed by atoms with Crippen LogP contribution in [0.15, 0.2) is 24.3 Å². The number of aryl methyl sites for hydroxylation is 1. The summed E-state index contributed by atoms with van der Waals surface area (Å²) >= 11 is 12.6. The second-order valence-corrected chi connectivity index (χ2v) is 7.90. The Morgan fingerprint density at radius 3 is 2.61 bits per heavy atom. The molecule has 4 nitrogen and oxygen atoms in total. The molecule has 10 heteroatoms. The average molecular weight is 448 g/mol. The number of nitrogens with zero attached hydrogens (tertiary/aromatic N) is 1. The van der Waals surface area contributed by atoms with Gasteiger partial charge in [0, 0.05) is 17.6 Å². The molecule has 0 unspecified atom stereocenters. The van der Waals surface area contributed by atoms with Gasteiger partial charge in [-0.3, -0.25) is 4.79 Å². The van der Waals surface area contributed by atoms with Crippen molar-refractivity contribution >= 4 is 56.3 Å². The summed E-state index contributed by atoms with van der Waals surface area (Å²) in [6.07, 6.45) is -4.12. The van der Waals surface area contributed by atoms with Gasteiger partial charge in [-0.25, -0.2) is 4.98 Å². The van der Waals surface area contributed by atoms with Crippen molar-refractivity contribution in [2.24, 2.45) is 0 Å². The largest absolute Gasteiger partial charge is 0.417 e. The van der Waals surface area contributed by atoms with Crippen molar-refractivity contribution in [3.8, 4) is 0 Å². The van der Waals surface area contributed by atoms with Gasteiger partial charge in [0.2, 0.25) is 0 Å². The van der Waals surface area contributed by atoms with E-state index >= 15 is 0 Å². The van der Waals surface area contributed by atoms with E-state index in [9.17, 15) is 18.0 Å². The quantitative estimate of drug-likeness (QED) is 0.555. The summed E-state index contributed by atoms with van der Waals surface area (Å²) in [6.45, 7) is 1.71. The summed E-state index contributed by atoms with van der Waals surface area (Å²) in [7, 11) is 0. The molecule has 0 radical (unpaired) electrons. The SMILES string of the molecule is Cc1cc(C(F)(F)F)c2c(N)c(C(=O)NCCc3ccc(Cl)c(Cl)c3)sc2n1. The Hall–Kier alpha value is -2.03. The molecule has 0 spiro atoms. The van der Waals surface area contributed by atoms with Gasteiger partial charge < -0.3 is 11.1 Å². The molecule has 3 N–H and O–H groups in total. The molecule has 0 fully saturated rings. The van der Waals surface area contributed by atoms with Crippen LogP contribution in [0, 0.1) is 6.92 Å². The van der Waals surface area contributed by atoms with Crippen LogP contribution < -0.4 is 11.1 Å². The number of fused-ring (bicyclic) bond motifs is 1. The molecule has 28 heavy (non-hydrogen) atoms. The van der Waals surface area contributed by atoms with Gasteiger partial charge >= 0.3 is 6.18 Å². The molecule has 2 heterocycles. The third-order valence-electron chi connectivity index (χ3n) is 4.02. The number of thiophene rings is 1. The number of anilines is 1. The van der Waals surface area contributed by atoms with E-state index in [0.717, 1.165) is 23.0 Å². The summed E-state index contributed by atoms with van der Waals surface area (Å²) in [5.41, 5.74) is 5.84. The third-order valence-corrected chi connectivity index (χ3v) is 5.86. The van der Waals surface area contributed by atoms with Crippen molar-refractivity contribution < 1.29 is 18.0 Å². The van der Waals surface area contributed by atoms with Crippen molar-refractivity contribution in [1.82, 2.24) is 10.3 Å². The molecule has 0 aliphatic carbocycles. The third kappa shape index (κ3) is 4.19. The number of carbonyl (C=O) groups is 1. The molecule has 0 aliphatic rings. The first-order chi connectivity index (χ1) is 13.1. The summed E-state index contributed by atoms with van der Waals surface area (Å²) in [5.74, 6) is -0.550. The van der Waals surface area contributed by atoms with Gasteiger partial charge in [0.1, 0.15) is 9.71 Å². The fourth-order valence-electron chi connectivity index (χ4n) is 2.73. The highest BCUT2D eigenvalue weighted by Gasteiger charge is 2.35. The van der Waals surface area contributed by atoms with Gasteiger partial charge in [0.15, 0.2) is 0 Å². The van der Waals surface area contributed by atoms with Crippen LogP contribution in [0.25, 0.3) is 10.2 Å². The number of benzene rings is 1. The molecule has 1 aromatic carbocycles. The number of amides is 1. The van der Waals surface area contributed by atoms with Gasteiger partial charge in [-0.1, -0.05) is 29.3 Å². The van der Waals surface area contributed by atoms with E-state index in [2.05, 4.69) is 10.3 Å². The minimum absolute atomic E-state index is 0.00717. The van der Waals surface area contributed by atoms with Crippen LogP contribution in [-0.4, -0.2) is 17.4 Å². The molecule has 0 saturated heterocycles. The number of alkyl halides is 3. The van der Waals surface area contributed by atoms with Crippen molar-refractivity contribution in [2.75, 3.05) is 12.3 Å². The van der Waals surface area contributed by atoms with E-state index in [-0.39, 0.29) is 33.0 Å². The van der Waals surface area contributed by atoms with Gasteiger partial charge in [-0.2, -0.15) is 13.2 Å². The summed E-state index contributed by atoms with van der Waals surface area (Å²) in [6, 6.07) is 6.04. The van der Waals surface area contributed by atoms with E-state index in [1.165, 1.54) is 6.92 Å². The first-order valence-electron chi connectivity index (χ1n) is 8.07. The van der Waals surface area contributed by atoms with E-state index in [1.807, 2.05) is 0 Å². The van der Waals surface area contributed by atoms with E-state index in [0.29, 0.717) is 16.5 Å². The molecule has 0 saturated carbocycles. The van der Waals surface area contributed by atoms with Crippen LogP contribution in [0.5, 0.6) is 0 Å². The number of hydrogen-bond donors (Lipinski definition) is 2. The van der Waals surface area contributed by atoms with Gasteiger partial charge in [-0.05, 0) is 37.1 Å². The molecule has 0 atom stereocenters. The highest BCUT2D eigenvalue weighted by Crippen LogP contribution is 2.42. The summed E-state index contributed by atoms with van der Waals surface area (Å²) in [5, 5.41) is 3.25. The zero-order valence-electron chi connectivity index (χ0n) is 14.5. The van der Waals surface area contributed by atoms with Gasteiger partial charge in [0.25, 0.3) is 5.91 Å². The minimum Gasteiger partial charge on any atom is -0.397 e. The molecule has 148 valence electrons. The predicted octanol–water partition coefficient (Wildman–Crippen LogP) is 5.49. The van der Waals surface area contributed by atoms with Crippen LogP contribution in [0.4, 0.5) is 18.9 Å². The number of rotatable bonds is 4. The standard InChI is InChI=1S/C18H14Cl2F3N3OS/c1-8-6-10(18(21,22)23)13-14(24)15(28-17(13)26-8)16(27)25-5-4-9-2-3-11(19)12(20)7-9/h2-3,6-7H,4-5,24H2,1H3,(H,25,27). The molecule has 3 aromatic rings. The maximum atomic E-state index is 13.3. The van der Waals surface area contributed by atoms with Crippen LogP contribution in [0.3, 0.4) is 0 Å².